The van der Waals surface area contributed by atoms with E-state index in [2.05, 4.69) is 183 Å². The van der Waals surface area contributed by atoms with Crippen LogP contribution < -0.4 is 0 Å². The molecule has 0 bridgehead atoms. The fourth-order valence-electron chi connectivity index (χ4n) is 9.34. The van der Waals surface area contributed by atoms with Crippen LogP contribution in [0.4, 0.5) is 0 Å². The van der Waals surface area contributed by atoms with Gasteiger partial charge in [0.05, 0.1) is 0 Å². The standard InChI is InChI=1S/C60H92N2O4/c1-39-31-41(33-45(51(39)63)55(3,4)5)23-21-27-61(28-22-24-42-32-40(2)52(64)46(34-42)56(6,7)8)62(29-25-43-35-47(57(9,10)11)53(65)48(36-43)58(12,13)14)30-26-44-37-49(59(15,16)17)54(66)50(38-44)60(18,19)20/h31-38,63-66H,21-30H2,1-20H3. The average Bonchev–Trinajstić information content (AvgIpc) is 3.15. The molecule has 0 aliphatic heterocycles. The van der Waals surface area contributed by atoms with Crippen molar-refractivity contribution in [3.63, 3.8) is 0 Å². The van der Waals surface area contributed by atoms with Crippen molar-refractivity contribution in [2.75, 3.05) is 26.2 Å². The molecule has 0 amide bonds. The summed E-state index contributed by atoms with van der Waals surface area (Å²) in [6.45, 7) is 46.5. The van der Waals surface area contributed by atoms with Gasteiger partial charge in [-0.05, 0) is 152 Å². The van der Waals surface area contributed by atoms with E-state index < -0.39 is 0 Å². The van der Waals surface area contributed by atoms with E-state index >= 15 is 0 Å². The van der Waals surface area contributed by atoms with E-state index in [4.69, 9.17) is 0 Å². The lowest BCUT2D eigenvalue weighted by atomic mass is 9.78. The van der Waals surface area contributed by atoms with Crippen molar-refractivity contribution in [1.82, 2.24) is 10.0 Å². The maximum Gasteiger partial charge on any atom is 0.123 e. The van der Waals surface area contributed by atoms with E-state index in [0.717, 1.165) is 109 Å². The molecule has 0 spiro atoms. The summed E-state index contributed by atoms with van der Waals surface area (Å²) in [5.41, 5.74) is 11.5. The topological polar surface area (TPSA) is 87.4 Å². The summed E-state index contributed by atoms with van der Waals surface area (Å²) in [7, 11) is 0. The molecule has 0 fully saturated rings. The smallest absolute Gasteiger partial charge is 0.123 e. The monoisotopic (exact) mass is 905 g/mol. The largest absolute Gasteiger partial charge is 0.507 e. The van der Waals surface area contributed by atoms with Gasteiger partial charge in [0.25, 0.3) is 0 Å². The van der Waals surface area contributed by atoms with Gasteiger partial charge in [0.2, 0.25) is 0 Å². The molecular formula is C60H92N2O4. The second kappa shape index (κ2) is 20.3. The molecule has 0 aliphatic carbocycles. The number of hydrogen-bond donors (Lipinski definition) is 4. The second-order valence-electron chi connectivity index (χ2n) is 25.8. The predicted molar refractivity (Wildman–Crippen MR) is 281 cm³/mol. The third-order valence-corrected chi connectivity index (χ3v) is 13.4. The van der Waals surface area contributed by atoms with Gasteiger partial charge >= 0.3 is 0 Å². The number of aryl methyl sites for hydroxylation is 4. The highest BCUT2D eigenvalue weighted by Crippen LogP contribution is 2.42. The third kappa shape index (κ3) is 14.0. The number of phenols is 4. The summed E-state index contributed by atoms with van der Waals surface area (Å²) in [4.78, 5) is 0. The van der Waals surface area contributed by atoms with Crippen LogP contribution in [0.5, 0.6) is 23.0 Å². The Morgan fingerprint density at radius 2 is 0.515 bits per heavy atom. The number of hydrazine groups is 1. The minimum Gasteiger partial charge on any atom is -0.507 e. The van der Waals surface area contributed by atoms with Gasteiger partial charge < -0.3 is 20.4 Å². The fraction of sp³-hybridized carbons (Fsp3) is 0.600. The van der Waals surface area contributed by atoms with Crippen LogP contribution in [0, 0.1) is 13.8 Å². The molecule has 0 saturated heterocycles. The molecule has 4 aromatic carbocycles. The minimum absolute atomic E-state index is 0.172. The maximum atomic E-state index is 11.6. The summed E-state index contributed by atoms with van der Waals surface area (Å²) in [5, 5.41) is 50.6. The molecule has 4 aromatic rings. The lowest BCUT2D eigenvalue weighted by molar-refractivity contribution is -0.0255. The fourth-order valence-corrected chi connectivity index (χ4v) is 9.34. The van der Waals surface area contributed by atoms with Crippen molar-refractivity contribution in [3.8, 4) is 23.0 Å². The van der Waals surface area contributed by atoms with Crippen LogP contribution in [-0.2, 0) is 58.2 Å². The molecule has 0 saturated carbocycles. The van der Waals surface area contributed by atoms with Crippen molar-refractivity contribution in [1.29, 1.82) is 0 Å². The Bertz CT molecular complexity index is 2060. The number of phenolic OH excluding ortho intramolecular Hbond substituents is 4. The quantitative estimate of drug-likeness (QED) is 0.0889. The molecule has 0 atom stereocenters. The lowest BCUT2D eigenvalue weighted by Crippen LogP contribution is -2.46. The molecule has 366 valence electrons. The van der Waals surface area contributed by atoms with Crippen molar-refractivity contribution in [2.45, 2.75) is 209 Å². The highest BCUT2D eigenvalue weighted by molar-refractivity contribution is 5.52. The Morgan fingerprint density at radius 3 is 0.758 bits per heavy atom. The maximum absolute atomic E-state index is 11.6. The first-order chi connectivity index (χ1) is 30.0. The van der Waals surface area contributed by atoms with Gasteiger partial charge in [-0.2, -0.15) is 0 Å². The Morgan fingerprint density at radius 1 is 0.303 bits per heavy atom. The summed E-state index contributed by atoms with van der Waals surface area (Å²) in [6, 6.07) is 17.7. The summed E-state index contributed by atoms with van der Waals surface area (Å²) in [5.74, 6) is 1.62. The minimum atomic E-state index is -0.223. The van der Waals surface area contributed by atoms with Gasteiger partial charge in [0.1, 0.15) is 23.0 Å². The predicted octanol–water partition coefficient (Wildman–Crippen LogP) is 14.5. The summed E-state index contributed by atoms with van der Waals surface area (Å²) < 4.78 is 0. The van der Waals surface area contributed by atoms with Gasteiger partial charge in [-0.3, -0.25) is 0 Å². The van der Waals surface area contributed by atoms with E-state index in [1.54, 1.807) is 0 Å². The number of benzene rings is 4. The molecular weight excluding hydrogens is 813 g/mol. The van der Waals surface area contributed by atoms with Gasteiger partial charge in [-0.1, -0.05) is 173 Å². The van der Waals surface area contributed by atoms with Crippen LogP contribution in [0.3, 0.4) is 0 Å². The van der Waals surface area contributed by atoms with Crippen LogP contribution in [0.2, 0.25) is 0 Å². The average molecular weight is 905 g/mol. The highest BCUT2D eigenvalue weighted by atomic mass is 16.3. The number of aromatic hydroxyl groups is 4. The molecule has 0 heterocycles. The van der Waals surface area contributed by atoms with E-state index in [-0.39, 0.29) is 32.5 Å². The molecule has 0 radical (unpaired) electrons. The molecule has 6 nitrogen and oxygen atoms in total. The van der Waals surface area contributed by atoms with Crippen molar-refractivity contribution >= 4 is 0 Å². The Labute approximate surface area is 402 Å². The number of nitrogens with zero attached hydrogens (tertiary/aromatic N) is 2. The van der Waals surface area contributed by atoms with Crippen molar-refractivity contribution in [2.24, 2.45) is 0 Å². The molecule has 0 aliphatic rings. The Balaban J connectivity index is 1.82. The van der Waals surface area contributed by atoms with E-state index in [1.165, 1.54) is 22.3 Å². The zero-order chi connectivity index (χ0) is 50.1. The zero-order valence-corrected chi connectivity index (χ0v) is 45.4. The van der Waals surface area contributed by atoms with E-state index in [1.807, 2.05) is 13.8 Å². The van der Waals surface area contributed by atoms with Crippen molar-refractivity contribution < 1.29 is 20.4 Å². The summed E-state index contributed by atoms with van der Waals surface area (Å²) >= 11 is 0. The first-order valence-corrected chi connectivity index (χ1v) is 24.9. The van der Waals surface area contributed by atoms with Crippen LogP contribution in [-0.4, -0.2) is 56.6 Å². The SMILES string of the molecule is Cc1cc(CCCN(CCCc2cc(C)c(O)c(C(C)(C)C)c2)N(CCc2cc(C(C)(C)C)c(O)c(C(C)(C)C)c2)CCc2cc(C(C)(C)C)c(O)c(C(C)(C)C)c2)cc(C(C)(C)C)c1O. The molecule has 66 heavy (non-hydrogen) atoms. The van der Waals surface area contributed by atoms with Gasteiger partial charge in [-0.15, -0.1) is 0 Å². The summed E-state index contributed by atoms with van der Waals surface area (Å²) in [6.07, 6.45) is 5.31. The normalized spacial score (nSPS) is 13.4. The Kier molecular flexibility index (Phi) is 16.8. The molecule has 4 N–H and O–H groups in total. The van der Waals surface area contributed by atoms with E-state index in [9.17, 15) is 20.4 Å². The van der Waals surface area contributed by atoms with Crippen LogP contribution in [0.1, 0.15) is 204 Å². The second-order valence-corrected chi connectivity index (χ2v) is 25.8. The molecule has 0 unspecified atom stereocenters. The zero-order valence-electron chi connectivity index (χ0n) is 45.4. The first-order valence-electron chi connectivity index (χ1n) is 24.9. The number of rotatable bonds is 15. The van der Waals surface area contributed by atoms with Crippen LogP contribution >= 0.6 is 0 Å². The third-order valence-electron chi connectivity index (χ3n) is 13.4. The van der Waals surface area contributed by atoms with Crippen LogP contribution in [0.15, 0.2) is 48.5 Å². The van der Waals surface area contributed by atoms with Crippen molar-refractivity contribution in [3.05, 3.63) is 115 Å². The first kappa shape index (κ1) is 54.6. The van der Waals surface area contributed by atoms with Gasteiger partial charge in [0, 0.05) is 26.2 Å². The highest BCUT2D eigenvalue weighted by Gasteiger charge is 2.30. The van der Waals surface area contributed by atoms with Gasteiger partial charge in [0.15, 0.2) is 0 Å². The molecule has 4 rings (SSSR count). The molecule has 6 heteroatoms. The molecule has 0 aromatic heterocycles. The van der Waals surface area contributed by atoms with Crippen LogP contribution in [0.25, 0.3) is 0 Å². The van der Waals surface area contributed by atoms with E-state index in [0.29, 0.717) is 23.0 Å². The van der Waals surface area contributed by atoms with Gasteiger partial charge in [-0.25, -0.2) is 10.0 Å². The Hall–Kier alpha value is -4.00. The number of hydrogen-bond acceptors (Lipinski definition) is 6. The lowest BCUT2D eigenvalue weighted by Gasteiger charge is -2.36.